The second-order valence-corrected chi connectivity index (χ2v) is 7.17. The molecule has 0 radical (unpaired) electrons. The molecule has 0 saturated carbocycles. The number of ketones is 1. The quantitative estimate of drug-likeness (QED) is 0.578. The van der Waals surface area contributed by atoms with E-state index in [0.29, 0.717) is 18.0 Å². The zero-order chi connectivity index (χ0) is 21.0. The van der Waals surface area contributed by atoms with E-state index in [1.807, 2.05) is 38.1 Å². The normalized spacial score (nSPS) is 10.8. The molecule has 0 aliphatic rings. The molecule has 1 aromatic heterocycles. The summed E-state index contributed by atoms with van der Waals surface area (Å²) in [4.78, 5) is 12.8. The van der Waals surface area contributed by atoms with Crippen molar-refractivity contribution < 1.29 is 14.3 Å². The number of nitrogens with one attached hydrogen (secondary N) is 1. The molecule has 5 heteroatoms. The van der Waals surface area contributed by atoms with Crippen molar-refractivity contribution in [1.82, 2.24) is 9.88 Å². The van der Waals surface area contributed by atoms with Crippen molar-refractivity contribution in [3.8, 4) is 17.2 Å². The minimum Gasteiger partial charge on any atom is -0.493 e. The van der Waals surface area contributed by atoms with E-state index in [1.165, 1.54) is 5.56 Å². The summed E-state index contributed by atoms with van der Waals surface area (Å²) in [6, 6.07) is 16.0. The fourth-order valence-electron chi connectivity index (χ4n) is 3.54. The van der Waals surface area contributed by atoms with E-state index >= 15 is 0 Å². The van der Waals surface area contributed by atoms with Gasteiger partial charge in [0.2, 0.25) is 0 Å². The summed E-state index contributed by atoms with van der Waals surface area (Å²) in [5.74, 6) is 1.45. The van der Waals surface area contributed by atoms with Gasteiger partial charge in [0.1, 0.15) is 0 Å². The number of hydrogen-bond donors (Lipinski definition) is 1. The minimum atomic E-state index is 0.0805. The number of rotatable bonds is 8. The molecule has 0 spiro atoms. The maximum absolute atomic E-state index is 12.8. The Morgan fingerprint density at radius 1 is 0.931 bits per heavy atom. The first-order chi connectivity index (χ1) is 13.9. The van der Waals surface area contributed by atoms with Gasteiger partial charge in [-0.1, -0.05) is 23.8 Å². The third kappa shape index (κ3) is 4.51. The Balaban J connectivity index is 1.69. The third-order valence-electron chi connectivity index (χ3n) is 5.09. The molecular weight excluding hydrogens is 364 g/mol. The smallest absolute Gasteiger partial charge is 0.178 e. The average molecular weight is 392 g/mol. The van der Waals surface area contributed by atoms with Crippen LogP contribution >= 0.6 is 0 Å². The first-order valence-corrected chi connectivity index (χ1v) is 9.65. The van der Waals surface area contributed by atoms with Crippen LogP contribution in [0, 0.1) is 20.8 Å². The zero-order valence-electron chi connectivity index (χ0n) is 17.7. The maximum Gasteiger partial charge on any atom is 0.178 e. The predicted octanol–water partition coefficient (Wildman–Crippen LogP) is 4.39. The number of benzene rings is 2. The molecule has 29 heavy (non-hydrogen) atoms. The van der Waals surface area contributed by atoms with Gasteiger partial charge in [-0.15, -0.1) is 0 Å². The molecule has 0 atom stereocenters. The standard InChI is InChI=1S/C24H28N2O3/c1-16-6-9-20(10-7-16)26-17(2)12-21(18(26)3)22(27)15-25-14-19-8-11-23(28-4)24(13-19)29-5/h6-13,25H,14-15H2,1-5H3. The van der Waals surface area contributed by atoms with E-state index in [1.54, 1.807) is 14.2 Å². The second kappa shape index (κ2) is 8.97. The van der Waals surface area contributed by atoms with Crippen molar-refractivity contribution >= 4 is 5.78 Å². The number of methoxy groups -OCH3 is 2. The maximum atomic E-state index is 12.8. The number of nitrogens with zero attached hydrogens (tertiary/aromatic N) is 1. The lowest BCUT2D eigenvalue weighted by Crippen LogP contribution is -2.23. The molecule has 152 valence electrons. The van der Waals surface area contributed by atoms with E-state index in [0.717, 1.165) is 28.2 Å². The van der Waals surface area contributed by atoms with Crippen molar-refractivity contribution in [2.45, 2.75) is 27.3 Å². The van der Waals surface area contributed by atoms with Gasteiger partial charge in [-0.25, -0.2) is 0 Å². The van der Waals surface area contributed by atoms with Crippen LogP contribution in [0.25, 0.3) is 5.69 Å². The highest BCUT2D eigenvalue weighted by Gasteiger charge is 2.16. The van der Waals surface area contributed by atoms with Crippen molar-refractivity contribution in [3.63, 3.8) is 0 Å². The number of hydrogen-bond acceptors (Lipinski definition) is 4. The Hall–Kier alpha value is -3.05. The number of aromatic nitrogens is 1. The van der Waals surface area contributed by atoms with Crippen LogP contribution in [-0.2, 0) is 6.54 Å². The van der Waals surface area contributed by atoms with Gasteiger partial charge in [0.25, 0.3) is 0 Å². The third-order valence-corrected chi connectivity index (χ3v) is 5.09. The van der Waals surface area contributed by atoms with Gasteiger partial charge in [-0.05, 0) is 56.7 Å². The Morgan fingerprint density at radius 3 is 2.28 bits per heavy atom. The van der Waals surface area contributed by atoms with Crippen LogP contribution in [0.15, 0.2) is 48.5 Å². The molecule has 0 aliphatic carbocycles. The molecule has 3 rings (SSSR count). The molecule has 0 saturated heterocycles. The van der Waals surface area contributed by atoms with Gasteiger partial charge >= 0.3 is 0 Å². The van der Waals surface area contributed by atoms with Crippen molar-refractivity contribution in [2.75, 3.05) is 20.8 Å². The first-order valence-electron chi connectivity index (χ1n) is 9.65. The highest BCUT2D eigenvalue weighted by molar-refractivity contribution is 5.99. The fourth-order valence-corrected chi connectivity index (χ4v) is 3.54. The monoisotopic (exact) mass is 392 g/mol. The van der Waals surface area contributed by atoms with Crippen LogP contribution in [0.5, 0.6) is 11.5 Å². The summed E-state index contributed by atoms with van der Waals surface area (Å²) < 4.78 is 12.7. The van der Waals surface area contributed by atoms with Crippen molar-refractivity contribution in [1.29, 1.82) is 0 Å². The number of carbonyl (C=O) groups excluding carboxylic acids is 1. The predicted molar refractivity (Wildman–Crippen MR) is 116 cm³/mol. The lowest BCUT2D eigenvalue weighted by molar-refractivity contribution is 0.0990. The summed E-state index contributed by atoms with van der Waals surface area (Å²) in [6.45, 7) is 6.93. The van der Waals surface area contributed by atoms with Crippen LogP contribution in [0.1, 0.15) is 32.9 Å². The van der Waals surface area contributed by atoms with Gasteiger partial charge in [-0.2, -0.15) is 0 Å². The molecule has 0 bridgehead atoms. The Bertz CT molecular complexity index is 1000. The lowest BCUT2D eigenvalue weighted by atomic mass is 10.1. The highest BCUT2D eigenvalue weighted by Crippen LogP contribution is 2.27. The molecule has 2 aromatic carbocycles. The molecular formula is C24H28N2O3. The van der Waals surface area contributed by atoms with Gasteiger partial charge < -0.3 is 19.4 Å². The molecule has 0 amide bonds. The highest BCUT2D eigenvalue weighted by atomic mass is 16.5. The van der Waals surface area contributed by atoms with Crippen LogP contribution in [0.3, 0.4) is 0 Å². The second-order valence-electron chi connectivity index (χ2n) is 7.17. The van der Waals surface area contributed by atoms with Gasteiger partial charge in [0, 0.05) is 29.2 Å². The topological polar surface area (TPSA) is 52.5 Å². The molecule has 0 unspecified atom stereocenters. The summed E-state index contributed by atoms with van der Waals surface area (Å²) >= 11 is 0. The summed E-state index contributed by atoms with van der Waals surface area (Å²) in [6.07, 6.45) is 0. The molecule has 0 aliphatic heterocycles. The van der Waals surface area contributed by atoms with E-state index in [2.05, 4.69) is 41.1 Å². The minimum absolute atomic E-state index is 0.0805. The molecule has 1 N–H and O–H groups in total. The molecule has 0 fully saturated rings. The van der Waals surface area contributed by atoms with Crippen LogP contribution in [0.2, 0.25) is 0 Å². The van der Waals surface area contributed by atoms with Crippen LogP contribution in [0.4, 0.5) is 0 Å². The van der Waals surface area contributed by atoms with Crippen LogP contribution < -0.4 is 14.8 Å². The Labute approximate surface area is 172 Å². The molecule has 5 nitrogen and oxygen atoms in total. The summed E-state index contributed by atoms with van der Waals surface area (Å²) in [5.41, 5.74) is 6.08. The van der Waals surface area contributed by atoms with E-state index in [-0.39, 0.29) is 12.3 Å². The van der Waals surface area contributed by atoms with E-state index in [9.17, 15) is 4.79 Å². The SMILES string of the molecule is COc1ccc(CNCC(=O)c2cc(C)n(-c3ccc(C)cc3)c2C)cc1OC. The number of ether oxygens (including phenoxy) is 2. The number of Topliss-reactive ketones (excluding diaryl/α,β-unsaturated/α-hetero) is 1. The lowest BCUT2D eigenvalue weighted by Gasteiger charge is -2.11. The number of aryl methyl sites for hydroxylation is 2. The molecule has 3 aromatic rings. The Morgan fingerprint density at radius 2 is 1.62 bits per heavy atom. The van der Waals surface area contributed by atoms with Gasteiger partial charge in [0.05, 0.1) is 20.8 Å². The Kier molecular flexibility index (Phi) is 6.39. The number of carbonyl (C=O) groups is 1. The summed E-state index contributed by atoms with van der Waals surface area (Å²) in [5, 5.41) is 3.24. The molecule has 1 heterocycles. The van der Waals surface area contributed by atoms with Gasteiger partial charge in [0.15, 0.2) is 17.3 Å². The van der Waals surface area contributed by atoms with E-state index < -0.39 is 0 Å². The fraction of sp³-hybridized carbons (Fsp3) is 0.292. The largest absolute Gasteiger partial charge is 0.493 e. The van der Waals surface area contributed by atoms with Crippen molar-refractivity contribution in [2.24, 2.45) is 0 Å². The zero-order valence-corrected chi connectivity index (χ0v) is 17.7. The van der Waals surface area contributed by atoms with Crippen LogP contribution in [-0.4, -0.2) is 31.1 Å². The van der Waals surface area contributed by atoms with E-state index in [4.69, 9.17) is 9.47 Å². The average Bonchev–Trinajstić information content (AvgIpc) is 3.02. The first kappa shape index (κ1) is 20.7. The van der Waals surface area contributed by atoms with Gasteiger partial charge in [-0.3, -0.25) is 4.79 Å². The van der Waals surface area contributed by atoms with Crippen molar-refractivity contribution in [3.05, 3.63) is 76.6 Å². The summed E-state index contributed by atoms with van der Waals surface area (Å²) in [7, 11) is 3.23.